The molecule has 0 bridgehead atoms. The molecule has 2 aliphatic heterocycles. The predicted molar refractivity (Wildman–Crippen MR) is 250 cm³/mol. The topological polar surface area (TPSA) is 197 Å². The molecule has 2 saturated carbocycles. The molecule has 2 aromatic carbocycles. The molecule has 4 aromatic rings. The second-order valence-corrected chi connectivity index (χ2v) is 18.6. The zero-order chi connectivity index (χ0) is 47.9. The Morgan fingerprint density at radius 3 is 1.37 bits per heavy atom. The van der Waals surface area contributed by atoms with Gasteiger partial charge in [0.05, 0.1) is 47.7 Å². The average molecular weight is 945 g/mol. The number of anilines is 2. The number of hydrogen-bond donors (Lipinski definition) is 4. The maximum Gasteiger partial charge on any atom is 0.425 e. The Morgan fingerprint density at radius 1 is 0.618 bits per heavy atom. The minimum Gasteiger partial charge on any atom is -0.383 e. The van der Waals surface area contributed by atoms with E-state index in [0.29, 0.717) is 61.7 Å². The van der Waals surface area contributed by atoms with Gasteiger partial charge in [-0.3, -0.25) is 9.59 Å². The minimum absolute atomic E-state index is 0.0837. The number of hydrogen-bond acceptors (Lipinski definition) is 14. The van der Waals surface area contributed by atoms with E-state index in [9.17, 15) is 28.8 Å². The molecular formula is C50H62F2N6O10. The molecule has 68 heavy (non-hydrogen) atoms. The summed E-state index contributed by atoms with van der Waals surface area (Å²) < 4.78 is 56.0. The van der Waals surface area contributed by atoms with Crippen LogP contribution in [0.5, 0.6) is 0 Å². The van der Waals surface area contributed by atoms with E-state index >= 15 is 8.78 Å². The summed E-state index contributed by atoms with van der Waals surface area (Å²) in [5.74, 6) is -6.82. The normalized spacial score (nSPS) is 20.1. The molecule has 0 radical (unpaired) electrons. The van der Waals surface area contributed by atoms with Crippen molar-refractivity contribution in [3.63, 3.8) is 0 Å². The molecule has 2 aromatic heterocycles. The van der Waals surface area contributed by atoms with Gasteiger partial charge in [-0.25, -0.2) is 28.0 Å². The van der Waals surface area contributed by atoms with E-state index < -0.39 is 58.5 Å². The van der Waals surface area contributed by atoms with Gasteiger partial charge in [-0.15, -0.1) is 0 Å². The highest BCUT2D eigenvalue weighted by Crippen LogP contribution is 2.32. The van der Waals surface area contributed by atoms with E-state index in [2.05, 4.69) is 21.3 Å². The van der Waals surface area contributed by atoms with Crippen LogP contribution in [0.25, 0.3) is 21.8 Å². The van der Waals surface area contributed by atoms with E-state index in [1.165, 1.54) is 12.1 Å². The Bertz CT molecular complexity index is 2450. The summed E-state index contributed by atoms with van der Waals surface area (Å²) in [5, 5.41) is 12.9. The number of fused-ring (bicyclic) bond motifs is 2. The largest absolute Gasteiger partial charge is 0.425 e. The third-order valence-corrected chi connectivity index (χ3v) is 13.9. The van der Waals surface area contributed by atoms with Crippen LogP contribution in [0.2, 0.25) is 0 Å². The van der Waals surface area contributed by atoms with Crippen molar-refractivity contribution in [3.05, 3.63) is 79.9 Å². The number of nitrogens with one attached hydrogen (secondary N) is 4. The number of benzene rings is 2. The fourth-order valence-electron chi connectivity index (χ4n) is 10.0. The van der Waals surface area contributed by atoms with Crippen LogP contribution in [0.3, 0.4) is 0 Å². The van der Waals surface area contributed by atoms with E-state index in [0.717, 1.165) is 64.2 Å². The lowest BCUT2D eigenvalue weighted by Crippen LogP contribution is -2.42. The fraction of sp³-hybridized carbons (Fsp3) is 0.560. The number of carbonyl (C=O) groups is 4. The summed E-state index contributed by atoms with van der Waals surface area (Å²) in [6.07, 6.45) is 15.2. The monoisotopic (exact) mass is 944 g/mol. The Balaban J connectivity index is 0.898. The van der Waals surface area contributed by atoms with Crippen molar-refractivity contribution < 1.29 is 46.9 Å². The van der Waals surface area contributed by atoms with Crippen LogP contribution in [0.1, 0.15) is 127 Å². The van der Waals surface area contributed by atoms with Crippen molar-refractivity contribution in [2.45, 2.75) is 153 Å². The molecule has 2 aliphatic carbocycles. The number of ether oxygens (including phenoxy) is 4. The van der Waals surface area contributed by atoms with E-state index in [1.54, 1.807) is 38.4 Å². The fourth-order valence-corrected chi connectivity index (χ4v) is 10.0. The van der Waals surface area contributed by atoms with Crippen LogP contribution in [-0.2, 0) is 51.2 Å². The third kappa shape index (κ3) is 11.1. The summed E-state index contributed by atoms with van der Waals surface area (Å²) in [5.41, 5.74) is 1.36. The number of esters is 4. The highest BCUT2D eigenvalue weighted by atomic mass is 19.1. The molecule has 0 amide bonds. The minimum atomic E-state index is -1.73. The molecule has 4 unspecified atom stereocenters. The van der Waals surface area contributed by atoms with Crippen LogP contribution in [-0.4, -0.2) is 83.6 Å². The van der Waals surface area contributed by atoms with Crippen LogP contribution < -0.4 is 32.1 Å². The molecule has 4 atom stereocenters. The first kappa shape index (κ1) is 48.9. The Labute approximate surface area is 392 Å². The van der Waals surface area contributed by atoms with Gasteiger partial charge in [0.15, 0.2) is 10.9 Å². The number of rotatable bonds is 16. The number of aromatic nitrogens is 2. The maximum absolute atomic E-state index is 15.6. The first-order valence-corrected chi connectivity index (χ1v) is 24.3. The SMILES string of the molecule is CCC(NCc1cn(C2CCOC2)c2cc(NC3CCCCC3)c(F)cc2c1=O)C(=O)OC(=O)C(=O)OC(=O)C(CC)NCc1cn(C2CCOC2)c2cc(NC3CCCCC3)c(F)cc2c1=O. The smallest absolute Gasteiger partial charge is 0.383 e. The standard InChI is InChI=1S/C50H62F2N6O10/c1-3-39(53-23-29-25-57(33-15-17-65-27-33)43-21-41(37(51)19-35(43)45(29)59)55-31-11-7-5-8-12-31)47(61)67-49(63)50(64)68-48(62)40(4-2)54-24-30-26-58(34-16-18-66-28-34)44-22-42(38(52)20-36(44)46(30)60)56-32-13-9-6-10-14-32/h19-22,25-26,31-34,39-40,53-56H,3-18,23-24,27-28H2,1-2H3. The van der Waals surface area contributed by atoms with Gasteiger partial charge in [-0.2, -0.15) is 0 Å². The van der Waals surface area contributed by atoms with Crippen LogP contribution >= 0.6 is 0 Å². The summed E-state index contributed by atoms with van der Waals surface area (Å²) in [6, 6.07) is 3.56. The Morgan fingerprint density at radius 2 is 1.01 bits per heavy atom. The van der Waals surface area contributed by atoms with E-state index in [4.69, 9.17) is 18.9 Å². The van der Waals surface area contributed by atoms with Gasteiger partial charge in [0.25, 0.3) is 0 Å². The van der Waals surface area contributed by atoms with Gasteiger partial charge < -0.3 is 49.3 Å². The number of nitrogens with zero attached hydrogens (tertiary/aromatic N) is 2. The summed E-state index contributed by atoms with van der Waals surface area (Å²) in [4.78, 5) is 79.8. The van der Waals surface area contributed by atoms with Gasteiger partial charge in [0.1, 0.15) is 23.7 Å². The first-order valence-electron chi connectivity index (χ1n) is 24.3. The lowest BCUT2D eigenvalue weighted by molar-refractivity contribution is -0.178. The molecule has 4 fully saturated rings. The van der Waals surface area contributed by atoms with Crippen molar-refractivity contribution in [3.8, 4) is 0 Å². The maximum atomic E-state index is 15.6. The van der Waals surface area contributed by atoms with Crippen molar-refractivity contribution in [2.75, 3.05) is 37.1 Å². The second kappa shape index (κ2) is 22.2. The Hall–Kier alpha value is -5.56. The van der Waals surface area contributed by atoms with Gasteiger partial charge >= 0.3 is 23.9 Å². The molecule has 4 aliphatic rings. The van der Waals surface area contributed by atoms with Crippen molar-refractivity contribution >= 4 is 57.1 Å². The van der Waals surface area contributed by atoms with Crippen LogP contribution in [0.15, 0.2) is 46.2 Å². The van der Waals surface area contributed by atoms with Gasteiger partial charge in [-0.05, 0) is 75.6 Å². The molecule has 366 valence electrons. The van der Waals surface area contributed by atoms with Gasteiger partial charge in [-0.1, -0.05) is 52.4 Å². The van der Waals surface area contributed by atoms with E-state index in [-0.39, 0.29) is 72.0 Å². The third-order valence-electron chi connectivity index (χ3n) is 13.9. The highest BCUT2D eigenvalue weighted by Gasteiger charge is 2.32. The van der Waals surface area contributed by atoms with Crippen molar-refractivity contribution in [1.82, 2.24) is 19.8 Å². The first-order chi connectivity index (χ1) is 32.9. The molecular weight excluding hydrogens is 883 g/mol. The van der Waals surface area contributed by atoms with Gasteiger partial charge in [0, 0.05) is 72.7 Å². The van der Waals surface area contributed by atoms with Crippen LogP contribution in [0.4, 0.5) is 20.2 Å². The predicted octanol–water partition coefficient (Wildman–Crippen LogP) is 6.58. The summed E-state index contributed by atoms with van der Waals surface area (Å²) >= 11 is 0. The molecule has 4 heterocycles. The highest BCUT2D eigenvalue weighted by molar-refractivity contribution is 6.33. The zero-order valence-electron chi connectivity index (χ0n) is 38.8. The molecule has 0 spiro atoms. The van der Waals surface area contributed by atoms with Gasteiger partial charge in [0.2, 0.25) is 0 Å². The van der Waals surface area contributed by atoms with Crippen molar-refractivity contribution in [2.24, 2.45) is 0 Å². The molecule has 2 saturated heterocycles. The quantitative estimate of drug-likeness (QED) is 0.0534. The van der Waals surface area contributed by atoms with Crippen LogP contribution in [0, 0.1) is 11.6 Å². The Kier molecular flexibility index (Phi) is 16.0. The summed E-state index contributed by atoms with van der Waals surface area (Å²) in [6.45, 7) is 4.78. The molecule has 16 nitrogen and oxygen atoms in total. The average Bonchev–Trinajstić information content (AvgIpc) is 4.09. The number of halogens is 2. The second-order valence-electron chi connectivity index (χ2n) is 18.6. The van der Waals surface area contributed by atoms with E-state index in [1.807, 2.05) is 9.13 Å². The lowest BCUT2D eigenvalue weighted by atomic mass is 9.95. The molecule has 4 N–H and O–H groups in total. The number of pyridine rings is 2. The molecule has 18 heteroatoms. The number of carbonyl (C=O) groups excluding carboxylic acids is 4. The van der Waals surface area contributed by atoms with Crippen molar-refractivity contribution in [1.29, 1.82) is 0 Å². The summed E-state index contributed by atoms with van der Waals surface area (Å²) in [7, 11) is 0. The lowest BCUT2D eigenvalue weighted by Gasteiger charge is -2.25. The molecule has 8 rings (SSSR count). The zero-order valence-corrected chi connectivity index (χ0v) is 38.8.